The first-order valence-electron chi connectivity index (χ1n) is 15.2. The van der Waals surface area contributed by atoms with Gasteiger partial charge >= 0.3 is 5.97 Å². The molecule has 0 fully saturated rings. The van der Waals surface area contributed by atoms with E-state index in [-0.39, 0.29) is 18.8 Å². The summed E-state index contributed by atoms with van der Waals surface area (Å²) in [5.41, 5.74) is 2.92. The summed E-state index contributed by atoms with van der Waals surface area (Å²) >= 11 is 7.58. The summed E-state index contributed by atoms with van der Waals surface area (Å²) in [5.74, 6) is 1.29. The highest BCUT2D eigenvalue weighted by Gasteiger charge is 2.34. The van der Waals surface area contributed by atoms with Gasteiger partial charge < -0.3 is 18.9 Å². The number of carbonyl (C=O) groups excluding carboxylic acids is 1. The SMILES string of the molecule is CCOC(=O)C1=C(C)N=c2sc(=Cc3ccc(OCc4ccccc4Cl)c(OCC)c3)c(=O)n2[C@H]1c1ccc(OC)c2ccccc12. The zero-order valence-electron chi connectivity index (χ0n) is 26.4. The monoisotopic (exact) mass is 668 g/mol. The maximum atomic E-state index is 14.3. The van der Waals surface area contributed by atoms with Crippen molar-refractivity contribution < 1.29 is 23.7 Å². The smallest absolute Gasteiger partial charge is 0.338 e. The highest BCUT2D eigenvalue weighted by Crippen LogP contribution is 2.38. The van der Waals surface area contributed by atoms with Crippen LogP contribution in [0.1, 0.15) is 43.5 Å². The molecule has 6 rings (SSSR count). The van der Waals surface area contributed by atoms with Gasteiger partial charge in [-0.25, -0.2) is 9.79 Å². The highest BCUT2D eigenvalue weighted by atomic mass is 35.5. The Bertz CT molecular complexity index is 2200. The maximum absolute atomic E-state index is 14.3. The fourth-order valence-electron chi connectivity index (χ4n) is 5.72. The van der Waals surface area contributed by atoms with Gasteiger partial charge in [-0.15, -0.1) is 0 Å². The van der Waals surface area contributed by atoms with Crippen LogP contribution < -0.4 is 29.1 Å². The Kier molecular flexibility index (Phi) is 9.47. The van der Waals surface area contributed by atoms with Gasteiger partial charge in [0.2, 0.25) is 0 Å². The van der Waals surface area contributed by atoms with E-state index in [1.54, 1.807) is 31.6 Å². The predicted molar refractivity (Wildman–Crippen MR) is 184 cm³/mol. The second-order valence-electron chi connectivity index (χ2n) is 10.7. The minimum Gasteiger partial charge on any atom is -0.496 e. The first-order chi connectivity index (χ1) is 22.8. The molecule has 1 atom stereocenters. The van der Waals surface area contributed by atoms with Gasteiger partial charge in [-0.2, -0.15) is 0 Å². The van der Waals surface area contributed by atoms with Gasteiger partial charge in [-0.1, -0.05) is 77.5 Å². The van der Waals surface area contributed by atoms with Crippen molar-refractivity contribution in [2.45, 2.75) is 33.4 Å². The van der Waals surface area contributed by atoms with Crippen LogP contribution in [0.3, 0.4) is 0 Å². The first-order valence-corrected chi connectivity index (χ1v) is 16.4. The lowest BCUT2D eigenvalue weighted by Crippen LogP contribution is -2.40. The van der Waals surface area contributed by atoms with Crippen LogP contribution in [0, 0.1) is 0 Å². The molecule has 0 amide bonds. The van der Waals surface area contributed by atoms with Crippen molar-refractivity contribution in [1.29, 1.82) is 0 Å². The number of esters is 1. The lowest BCUT2D eigenvalue weighted by molar-refractivity contribution is -0.139. The maximum Gasteiger partial charge on any atom is 0.338 e. The fourth-order valence-corrected chi connectivity index (χ4v) is 6.96. The standard InChI is InChI=1S/C37H33ClN2O6S/c1-5-44-31-19-23(15-17-30(31)46-21-24-11-7-10-14-28(24)38)20-32-35(41)40-34(33(36(42)45-6-2)22(3)39-37(40)47-32)27-16-18-29(43-4)26-13-9-8-12-25(26)27/h7-20,34H,5-6,21H2,1-4H3/t34-/m0/s1. The van der Waals surface area contributed by atoms with Crippen molar-refractivity contribution in [2.24, 2.45) is 4.99 Å². The number of nitrogens with zero attached hydrogens (tertiary/aromatic N) is 2. The van der Waals surface area contributed by atoms with E-state index >= 15 is 0 Å². The summed E-state index contributed by atoms with van der Waals surface area (Å²) < 4.78 is 25.1. The number of halogens is 1. The molecule has 0 aliphatic carbocycles. The number of hydrogen-bond donors (Lipinski definition) is 0. The highest BCUT2D eigenvalue weighted by molar-refractivity contribution is 7.07. The van der Waals surface area contributed by atoms with E-state index in [9.17, 15) is 9.59 Å². The fraction of sp³-hybridized carbons (Fsp3) is 0.216. The van der Waals surface area contributed by atoms with Crippen LogP contribution in [0.4, 0.5) is 0 Å². The van der Waals surface area contributed by atoms with E-state index in [2.05, 4.69) is 0 Å². The second kappa shape index (κ2) is 13.9. The van der Waals surface area contributed by atoms with Gasteiger partial charge in [-0.05, 0) is 67.6 Å². The molecule has 0 N–H and O–H groups in total. The Labute approximate surface area is 280 Å². The van der Waals surface area contributed by atoms with E-state index in [0.29, 0.717) is 49.5 Å². The van der Waals surface area contributed by atoms with Crippen LogP contribution >= 0.6 is 22.9 Å². The summed E-state index contributed by atoms with van der Waals surface area (Å²) in [4.78, 5) is 32.9. The molecule has 1 aliphatic rings. The van der Waals surface area contributed by atoms with Gasteiger partial charge in [0.25, 0.3) is 5.56 Å². The van der Waals surface area contributed by atoms with Crippen LogP contribution in [-0.2, 0) is 16.1 Å². The summed E-state index contributed by atoms with van der Waals surface area (Å²) in [6, 6.07) is 23.8. The first kappa shape index (κ1) is 32.1. The Balaban J connectivity index is 1.46. The molecule has 1 aliphatic heterocycles. The number of benzene rings is 4. The molecule has 0 spiro atoms. The van der Waals surface area contributed by atoms with Crippen molar-refractivity contribution in [3.05, 3.63) is 132 Å². The number of aromatic nitrogens is 1. The number of ether oxygens (including phenoxy) is 4. The van der Waals surface area contributed by atoms with E-state index in [1.165, 1.54) is 11.3 Å². The Morgan fingerprint density at radius 3 is 2.43 bits per heavy atom. The zero-order chi connectivity index (χ0) is 33.1. The Morgan fingerprint density at radius 2 is 1.68 bits per heavy atom. The number of rotatable bonds is 10. The Hall–Kier alpha value is -4.86. The summed E-state index contributed by atoms with van der Waals surface area (Å²) in [6.07, 6.45) is 1.80. The van der Waals surface area contributed by atoms with Crippen molar-refractivity contribution in [2.75, 3.05) is 20.3 Å². The van der Waals surface area contributed by atoms with Crippen LogP contribution in [0.15, 0.2) is 99.9 Å². The molecule has 0 unspecified atom stereocenters. The van der Waals surface area contributed by atoms with Gasteiger partial charge in [0.15, 0.2) is 16.3 Å². The predicted octanol–water partition coefficient (Wildman–Crippen LogP) is 6.59. The molecule has 0 radical (unpaired) electrons. The molecule has 0 saturated heterocycles. The molecule has 240 valence electrons. The number of fused-ring (bicyclic) bond motifs is 2. The molecule has 1 aromatic heterocycles. The van der Waals surface area contributed by atoms with Gasteiger partial charge in [0.05, 0.1) is 42.2 Å². The van der Waals surface area contributed by atoms with Crippen LogP contribution in [-0.4, -0.2) is 30.9 Å². The van der Waals surface area contributed by atoms with E-state index in [0.717, 1.165) is 27.5 Å². The molecule has 0 bridgehead atoms. The third kappa shape index (κ3) is 6.28. The van der Waals surface area contributed by atoms with Crippen molar-refractivity contribution in [1.82, 2.24) is 4.57 Å². The van der Waals surface area contributed by atoms with E-state index in [4.69, 9.17) is 35.5 Å². The molecular weight excluding hydrogens is 636 g/mol. The molecule has 47 heavy (non-hydrogen) atoms. The average molecular weight is 669 g/mol. The lowest BCUT2D eigenvalue weighted by atomic mass is 9.91. The topological polar surface area (TPSA) is 88.4 Å². The average Bonchev–Trinajstić information content (AvgIpc) is 3.37. The number of allylic oxidation sites excluding steroid dienone is 1. The minimum absolute atomic E-state index is 0.191. The van der Waals surface area contributed by atoms with E-state index < -0.39 is 12.0 Å². The van der Waals surface area contributed by atoms with Gasteiger partial charge in [0, 0.05) is 16.0 Å². The minimum atomic E-state index is -0.761. The molecule has 10 heteroatoms. The molecule has 2 heterocycles. The largest absolute Gasteiger partial charge is 0.496 e. The summed E-state index contributed by atoms with van der Waals surface area (Å²) in [7, 11) is 1.62. The number of hydrogen-bond acceptors (Lipinski definition) is 8. The van der Waals surface area contributed by atoms with Crippen LogP contribution in [0.5, 0.6) is 17.2 Å². The van der Waals surface area contributed by atoms with Crippen molar-refractivity contribution in [3.8, 4) is 17.2 Å². The molecule has 0 saturated carbocycles. The van der Waals surface area contributed by atoms with E-state index in [1.807, 2.05) is 85.8 Å². The third-order valence-corrected chi connectivity index (χ3v) is 9.21. The zero-order valence-corrected chi connectivity index (χ0v) is 28.0. The number of carbonyl (C=O) groups is 1. The molecular formula is C37H33ClN2O6S. The third-order valence-electron chi connectivity index (χ3n) is 7.86. The number of methoxy groups -OCH3 is 1. The normalized spacial score (nSPS) is 14.5. The summed E-state index contributed by atoms with van der Waals surface area (Å²) in [6.45, 7) is 6.33. The molecule has 5 aromatic rings. The summed E-state index contributed by atoms with van der Waals surface area (Å²) in [5, 5.41) is 2.35. The van der Waals surface area contributed by atoms with Gasteiger partial charge in [-0.3, -0.25) is 9.36 Å². The number of thiazole rings is 1. The Morgan fingerprint density at radius 1 is 0.936 bits per heavy atom. The van der Waals surface area contributed by atoms with Crippen LogP contribution in [0.2, 0.25) is 5.02 Å². The van der Waals surface area contributed by atoms with Crippen molar-refractivity contribution >= 4 is 45.8 Å². The van der Waals surface area contributed by atoms with Crippen LogP contribution in [0.25, 0.3) is 16.8 Å². The second-order valence-corrected chi connectivity index (χ2v) is 12.1. The molecule has 4 aromatic carbocycles. The quantitative estimate of drug-likeness (QED) is 0.156. The van der Waals surface area contributed by atoms with Crippen molar-refractivity contribution in [3.63, 3.8) is 0 Å². The lowest BCUT2D eigenvalue weighted by Gasteiger charge is -2.26. The molecule has 8 nitrogen and oxygen atoms in total. The van der Waals surface area contributed by atoms with Gasteiger partial charge in [0.1, 0.15) is 12.4 Å².